The Labute approximate surface area is 169 Å². The van der Waals surface area contributed by atoms with Crippen molar-refractivity contribution in [1.29, 1.82) is 0 Å². The highest BCUT2D eigenvalue weighted by atomic mass is 35.5. The molecule has 0 saturated heterocycles. The van der Waals surface area contributed by atoms with E-state index in [-0.39, 0.29) is 34.6 Å². The molecule has 0 radical (unpaired) electrons. The molecule has 0 heterocycles. The monoisotopic (exact) mass is 424 g/mol. The first-order chi connectivity index (χ1) is 13.2. The Morgan fingerprint density at radius 1 is 1.29 bits per heavy atom. The van der Waals surface area contributed by atoms with E-state index in [1.165, 1.54) is 35.2 Å². The van der Waals surface area contributed by atoms with E-state index in [4.69, 9.17) is 11.6 Å². The minimum atomic E-state index is -3.80. The van der Waals surface area contributed by atoms with Gasteiger partial charge in [0, 0.05) is 24.7 Å². The lowest BCUT2D eigenvalue weighted by molar-refractivity contribution is 0.0761. The Kier molecular flexibility index (Phi) is 7.35. The molecule has 150 valence electrons. The lowest BCUT2D eigenvalue weighted by Gasteiger charge is -2.22. The van der Waals surface area contributed by atoms with Crippen LogP contribution in [-0.4, -0.2) is 31.8 Å². The molecule has 2 aromatic carbocycles. The highest BCUT2D eigenvalue weighted by Gasteiger charge is 2.23. The van der Waals surface area contributed by atoms with Crippen molar-refractivity contribution in [2.45, 2.75) is 31.3 Å². The maximum atomic E-state index is 14.0. The highest BCUT2D eigenvalue weighted by Crippen LogP contribution is 2.23. The number of nitrogens with zero attached hydrogens (tertiary/aromatic N) is 1. The van der Waals surface area contributed by atoms with E-state index in [1.54, 1.807) is 32.0 Å². The zero-order valence-corrected chi connectivity index (χ0v) is 17.2. The van der Waals surface area contributed by atoms with Gasteiger partial charge in [0.2, 0.25) is 10.0 Å². The van der Waals surface area contributed by atoms with E-state index in [9.17, 15) is 17.6 Å². The van der Waals surface area contributed by atoms with Gasteiger partial charge in [-0.1, -0.05) is 35.9 Å². The van der Waals surface area contributed by atoms with Crippen molar-refractivity contribution in [3.8, 4) is 0 Å². The molecular weight excluding hydrogens is 403 g/mol. The van der Waals surface area contributed by atoms with Crippen LogP contribution in [-0.2, 0) is 16.6 Å². The van der Waals surface area contributed by atoms with Crippen molar-refractivity contribution in [3.63, 3.8) is 0 Å². The largest absolute Gasteiger partial charge is 0.330 e. The van der Waals surface area contributed by atoms with Crippen molar-refractivity contribution in [3.05, 3.63) is 77.1 Å². The molecule has 0 unspecified atom stereocenters. The fraction of sp³-hybridized carbons (Fsp3) is 0.250. The smallest absolute Gasteiger partial charge is 0.255 e. The van der Waals surface area contributed by atoms with Crippen LogP contribution in [0.25, 0.3) is 0 Å². The Bertz CT molecular complexity index is 977. The van der Waals surface area contributed by atoms with Gasteiger partial charge in [-0.05, 0) is 38.1 Å². The number of nitrogens with one attached hydrogen (secondary N) is 1. The zero-order chi connectivity index (χ0) is 20.9. The predicted octanol–water partition coefficient (Wildman–Crippen LogP) is 3.99. The summed E-state index contributed by atoms with van der Waals surface area (Å²) in [5.74, 6) is -0.956. The maximum absolute atomic E-state index is 14.0. The number of carbonyl (C=O) groups is 1. The minimum Gasteiger partial charge on any atom is -0.330 e. The Balaban J connectivity index is 2.40. The van der Waals surface area contributed by atoms with E-state index in [0.717, 1.165) is 0 Å². The summed E-state index contributed by atoms with van der Waals surface area (Å²) in [6.07, 6.45) is 1.51. The number of sulfonamides is 1. The highest BCUT2D eigenvalue weighted by molar-refractivity contribution is 7.89. The third-order valence-corrected chi connectivity index (χ3v) is 5.81. The number of amides is 1. The van der Waals surface area contributed by atoms with Crippen LogP contribution in [0.3, 0.4) is 0 Å². The predicted molar refractivity (Wildman–Crippen MR) is 108 cm³/mol. The summed E-state index contributed by atoms with van der Waals surface area (Å²) in [6.45, 7) is 7.15. The third-order valence-electron chi connectivity index (χ3n) is 3.83. The molecule has 0 fully saturated rings. The molecule has 0 saturated carbocycles. The fourth-order valence-corrected chi connectivity index (χ4v) is 4.07. The lowest BCUT2D eigenvalue weighted by Crippen LogP contribution is -2.32. The quantitative estimate of drug-likeness (QED) is 0.651. The molecule has 2 aromatic rings. The van der Waals surface area contributed by atoms with E-state index >= 15 is 0 Å². The van der Waals surface area contributed by atoms with E-state index < -0.39 is 21.7 Å². The van der Waals surface area contributed by atoms with Gasteiger partial charge in [0.05, 0.1) is 15.5 Å². The van der Waals surface area contributed by atoms with Crippen LogP contribution in [0.1, 0.15) is 29.8 Å². The van der Waals surface area contributed by atoms with Crippen molar-refractivity contribution >= 4 is 27.5 Å². The molecule has 0 aliphatic rings. The van der Waals surface area contributed by atoms with Crippen LogP contribution in [0.4, 0.5) is 4.39 Å². The first kappa shape index (κ1) is 22.1. The average molecular weight is 425 g/mol. The van der Waals surface area contributed by atoms with Crippen molar-refractivity contribution < 1.29 is 17.6 Å². The minimum absolute atomic E-state index is 0.00488. The summed E-state index contributed by atoms with van der Waals surface area (Å²) in [4.78, 5) is 14.3. The van der Waals surface area contributed by atoms with Gasteiger partial charge in [-0.3, -0.25) is 4.79 Å². The summed E-state index contributed by atoms with van der Waals surface area (Å²) in [5.41, 5.74) is 0.352. The first-order valence-electron chi connectivity index (χ1n) is 8.61. The third kappa shape index (κ3) is 5.41. The van der Waals surface area contributed by atoms with Crippen molar-refractivity contribution in [1.82, 2.24) is 9.62 Å². The number of benzene rings is 2. The number of halogens is 2. The number of carbonyl (C=O) groups excluding carboxylic acids is 1. The second kappa shape index (κ2) is 9.32. The Hall–Kier alpha value is -2.22. The van der Waals surface area contributed by atoms with Crippen LogP contribution in [0.15, 0.2) is 60.0 Å². The maximum Gasteiger partial charge on any atom is 0.255 e. The molecule has 2 rings (SSSR count). The zero-order valence-electron chi connectivity index (χ0n) is 15.7. The second-order valence-electron chi connectivity index (χ2n) is 6.48. The summed E-state index contributed by atoms with van der Waals surface area (Å²) in [5, 5.41) is 0.107. The van der Waals surface area contributed by atoms with Crippen LogP contribution in [0, 0.1) is 5.82 Å². The number of rotatable bonds is 8. The molecule has 1 N–H and O–H groups in total. The lowest BCUT2D eigenvalue weighted by atomic mass is 10.1. The topological polar surface area (TPSA) is 66.5 Å². The van der Waals surface area contributed by atoms with Gasteiger partial charge in [0.1, 0.15) is 5.82 Å². The molecule has 28 heavy (non-hydrogen) atoms. The Morgan fingerprint density at radius 2 is 1.96 bits per heavy atom. The standard InChI is InChI=1S/C20H22ClFN2O3S/c1-4-11-24(13-15-7-5-6-8-19(15)22)20(25)17-12-16(9-10-18(17)21)28(26,27)23-14(2)3/h4-10,12,14,23H,1,11,13H2,2-3H3. The molecule has 0 spiro atoms. The van der Waals surface area contributed by atoms with Gasteiger partial charge in [0.25, 0.3) is 5.91 Å². The van der Waals surface area contributed by atoms with Crippen LogP contribution in [0.5, 0.6) is 0 Å². The van der Waals surface area contributed by atoms with Gasteiger partial charge in [-0.2, -0.15) is 0 Å². The first-order valence-corrected chi connectivity index (χ1v) is 10.5. The molecule has 0 aliphatic carbocycles. The number of hydrogen-bond donors (Lipinski definition) is 1. The average Bonchev–Trinajstić information content (AvgIpc) is 2.61. The van der Waals surface area contributed by atoms with E-state index in [1.807, 2.05) is 0 Å². The molecule has 0 aliphatic heterocycles. The van der Waals surface area contributed by atoms with E-state index in [0.29, 0.717) is 5.56 Å². The molecule has 1 amide bonds. The van der Waals surface area contributed by atoms with Gasteiger partial charge in [-0.25, -0.2) is 17.5 Å². The SMILES string of the molecule is C=CCN(Cc1ccccc1F)C(=O)c1cc(S(=O)(=O)NC(C)C)ccc1Cl. The molecule has 0 bridgehead atoms. The summed E-state index contributed by atoms with van der Waals surface area (Å²) in [6, 6.07) is 9.73. The molecule has 0 aromatic heterocycles. The molecular formula is C20H22ClFN2O3S. The van der Waals surface area contributed by atoms with Gasteiger partial charge < -0.3 is 4.90 Å². The normalized spacial score (nSPS) is 11.5. The number of hydrogen-bond acceptors (Lipinski definition) is 3. The summed E-state index contributed by atoms with van der Waals surface area (Å²) >= 11 is 6.16. The molecule has 5 nitrogen and oxygen atoms in total. The van der Waals surface area contributed by atoms with Crippen LogP contribution >= 0.6 is 11.6 Å². The fourth-order valence-electron chi connectivity index (χ4n) is 2.59. The summed E-state index contributed by atoms with van der Waals surface area (Å²) < 4.78 is 41.3. The Morgan fingerprint density at radius 3 is 2.57 bits per heavy atom. The van der Waals surface area contributed by atoms with E-state index in [2.05, 4.69) is 11.3 Å². The second-order valence-corrected chi connectivity index (χ2v) is 8.60. The van der Waals surface area contributed by atoms with Gasteiger partial charge in [-0.15, -0.1) is 6.58 Å². The molecule has 0 atom stereocenters. The van der Waals surface area contributed by atoms with Gasteiger partial charge >= 0.3 is 0 Å². The van der Waals surface area contributed by atoms with Crippen LogP contribution < -0.4 is 4.72 Å². The van der Waals surface area contributed by atoms with Crippen molar-refractivity contribution in [2.24, 2.45) is 0 Å². The van der Waals surface area contributed by atoms with Crippen molar-refractivity contribution in [2.75, 3.05) is 6.54 Å². The molecule has 8 heteroatoms. The van der Waals surface area contributed by atoms with Crippen LogP contribution in [0.2, 0.25) is 5.02 Å². The summed E-state index contributed by atoms with van der Waals surface area (Å²) in [7, 11) is -3.80. The van der Waals surface area contributed by atoms with Gasteiger partial charge in [0.15, 0.2) is 0 Å².